The summed E-state index contributed by atoms with van der Waals surface area (Å²) in [6, 6.07) is 13.7. The molecule has 5 atom stereocenters. The second-order valence-corrected chi connectivity index (χ2v) is 16.0. The first-order chi connectivity index (χ1) is 25.1. The number of unbranched alkanes of at least 4 members (excludes halogenated alkanes) is 2. The Morgan fingerprint density at radius 1 is 1.06 bits per heavy atom. The van der Waals surface area contributed by atoms with Gasteiger partial charge in [-0.15, -0.1) is 11.3 Å². The third-order valence-electron chi connectivity index (χ3n) is 9.63. The van der Waals surface area contributed by atoms with Crippen LogP contribution in [0.5, 0.6) is 5.75 Å². The quantitative estimate of drug-likeness (QED) is 0.118. The number of nitrogens with zero attached hydrogens (tertiary/aromatic N) is 2. The van der Waals surface area contributed by atoms with Crippen molar-refractivity contribution in [2.45, 2.75) is 123 Å². The van der Waals surface area contributed by atoms with Gasteiger partial charge in [0, 0.05) is 38.4 Å². The lowest BCUT2D eigenvalue weighted by Crippen LogP contribution is -2.57. The lowest BCUT2D eigenvalue weighted by molar-refractivity contribution is -0.144. The number of likely N-dealkylation sites (tertiary alicyclic amines) is 1. The van der Waals surface area contributed by atoms with Gasteiger partial charge in [-0.1, -0.05) is 63.6 Å². The number of thiazole rings is 1. The largest absolute Gasteiger partial charge is 0.489 e. The molecule has 0 aliphatic carbocycles. The van der Waals surface area contributed by atoms with Crippen molar-refractivity contribution in [3.63, 3.8) is 0 Å². The standard InChI is InChI=1S/C40H56N6O6S/c1-25-36(53-24-44-25)29-16-14-28(15-17-29)22-43-38(50)33-21-30(47)23-46(33)39(51)37(40(3,4)5)45-35(49)13-8-6-7-10-27-11-9-12-31(20-27)52-26(2)32(41)18-19-34(42)48/h9,11-12,14-17,20,24,26,30,32-33,37,47H,6-8,10,13,18-19,21-23,41H2,1-5H3,(H2,42,48)(H,43,50)(H,45,49)/t26-,30-,32+,33+,37-/m1/s1. The van der Waals surface area contributed by atoms with E-state index in [-0.39, 0.29) is 68.1 Å². The number of ether oxygens (including phenoxy) is 1. The van der Waals surface area contributed by atoms with Crippen molar-refractivity contribution < 1.29 is 29.0 Å². The molecule has 7 N–H and O–H groups in total. The minimum atomic E-state index is -0.868. The number of amides is 4. The van der Waals surface area contributed by atoms with E-state index in [1.807, 2.05) is 88.7 Å². The fourth-order valence-corrected chi connectivity index (χ4v) is 7.24. The van der Waals surface area contributed by atoms with E-state index in [0.29, 0.717) is 18.6 Å². The van der Waals surface area contributed by atoms with Gasteiger partial charge in [-0.3, -0.25) is 19.2 Å². The summed E-state index contributed by atoms with van der Waals surface area (Å²) in [7, 11) is 0. The number of aliphatic hydroxyl groups is 1. The molecule has 12 nitrogen and oxygen atoms in total. The summed E-state index contributed by atoms with van der Waals surface area (Å²) in [5.74, 6) is -0.624. The van der Waals surface area contributed by atoms with Gasteiger partial charge < -0.3 is 36.8 Å². The highest BCUT2D eigenvalue weighted by atomic mass is 32.1. The minimum Gasteiger partial charge on any atom is -0.489 e. The molecule has 53 heavy (non-hydrogen) atoms. The molecule has 2 heterocycles. The van der Waals surface area contributed by atoms with E-state index in [1.54, 1.807) is 11.3 Å². The van der Waals surface area contributed by atoms with Crippen molar-refractivity contribution in [2.24, 2.45) is 16.9 Å². The van der Waals surface area contributed by atoms with E-state index in [2.05, 4.69) is 15.6 Å². The van der Waals surface area contributed by atoms with Crippen LogP contribution in [0.4, 0.5) is 0 Å². The van der Waals surface area contributed by atoms with Crippen LogP contribution in [0.25, 0.3) is 10.4 Å². The molecule has 0 spiro atoms. The van der Waals surface area contributed by atoms with Crippen LogP contribution in [-0.4, -0.2) is 75.5 Å². The van der Waals surface area contributed by atoms with Crippen molar-refractivity contribution in [1.82, 2.24) is 20.5 Å². The molecule has 1 aromatic heterocycles. The first kappa shape index (κ1) is 41.4. The van der Waals surface area contributed by atoms with E-state index in [0.717, 1.165) is 46.5 Å². The van der Waals surface area contributed by atoms with E-state index < -0.39 is 23.6 Å². The molecule has 1 saturated heterocycles. The summed E-state index contributed by atoms with van der Waals surface area (Å²) < 4.78 is 6.00. The topological polar surface area (TPSA) is 190 Å². The predicted molar refractivity (Wildman–Crippen MR) is 207 cm³/mol. The first-order valence-electron chi connectivity index (χ1n) is 18.5. The van der Waals surface area contributed by atoms with Gasteiger partial charge in [0.05, 0.1) is 22.2 Å². The maximum atomic E-state index is 13.9. The Morgan fingerprint density at radius 2 is 1.79 bits per heavy atom. The summed E-state index contributed by atoms with van der Waals surface area (Å²) >= 11 is 1.58. The van der Waals surface area contributed by atoms with Crippen molar-refractivity contribution in [2.75, 3.05) is 6.54 Å². The van der Waals surface area contributed by atoms with Gasteiger partial charge in [0.1, 0.15) is 23.9 Å². The molecule has 3 aromatic rings. The molecule has 0 radical (unpaired) electrons. The third-order valence-corrected chi connectivity index (χ3v) is 10.6. The Morgan fingerprint density at radius 3 is 2.45 bits per heavy atom. The second kappa shape index (κ2) is 19.1. The molecule has 0 unspecified atom stereocenters. The molecule has 1 fully saturated rings. The smallest absolute Gasteiger partial charge is 0.246 e. The van der Waals surface area contributed by atoms with E-state index >= 15 is 0 Å². The first-order valence-corrected chi connectivity index (χ1v) is 19.3. The zero-order chi connectivity index (χ0) is 38.7. The molecule has 4 rings (SSSR count). The van der Waals surface area contributed by atoms with Gasteiger partial charge in [-0.2, -0.15) is 0 Å². The maximum absolute atomic E-state index is 13.9. The van der Waals surface area contributed by atoms with Crippen LogP contribution >= 0.6 is 11.3 Å². The van der Waals surface area contributed by atoms with Crippen molar-refractivity contribution in [3.8, 4) is 16.2 Å². The molecule has 1 aliphatic heterocycles. The molecule has 0 saturated carbocycles. The third kappa shape index (κ3) is 12.4. The Hall–Kier alpha value is -4.33. The number of primary amides is 1. The van der Waals surface area contributed by atoms with Gasteiger partial charge in [0.2, 0.25) is 23.6 Å². The highest BCUT2D eigenvalue weighted by Gasteiger charge is 2.44. The zero-order valence-corrected chi connectivity index (χ0v) is 32.4. The van der Waals surface area contributed by atoms with Crippen molar-refractivity contribution in [3.05, 3.63) is 70.9 Å². The van der Waals surface area contributed by atoms with Crippen LogP contribution in [0.1, 0.15) is 89.5 Å². The fraction of sp³-hybridized carbons (Fsp3) is 0.525. The molecule has 13 heteroatoms. The van der Waals surface area contributed by atoms with Crippen molar-refractivity contribution in [1.29, 1.82) is 0 Å². The van der Waals surface area contributed by atoms with Crippen LogP contribution in [0.15, 0.2) is 54.0 Å². The Labute approximate surface area is 317 Å². The van der Waals surface area contributed by atoms with Crippen LogP contribution in [0.2, 0.25) is 0 Å². The highest BCUT2D eigenvalue weighted by molar-refractivity contribution is 7.13. The molecular formula is C40H56N6O6S. The second-order valence-electron chi connectivity index (χ2n) is 15.1. The number of aryl methyl sites for hydroxylation is 2. The minimum absolute atomic E-state index is 0.0233. The number of carbonyl (C=O) groups is 4. The number of nitrogens with one attached hydrogen (secondary N) is 2. The number of hydrogen-bond acceptors (Lipinski definition) is 9. The Kier molecular flexibility index (Phi) is 15.0. The van der Waals surface area contributed by atoms with Crippen LogP contribution in [-0.2, 0) is 32.1 Å². The lowest BCUT2D eigenvalue weighted by Gasteiger charge is -2.35. The highest BCUT2D eigenvalue weighted by Crippen LogP contribution is 2.28. The predicted octanol–water partition coefficient (Wildman–Crippen LogP) is 4.39. The molecular weight excluding hydrogens is 693 g/mol. The average Bonchev–Trinajstić information content (AvgIpc) is 3.73. The number of β-amino-alcohol motifs (C(OH)–C–C–N with tert-alkyl or cyclic N) is 1. The van der Waals surface area contributed by atoms with E-state index in [4.69, 9.17) is 16.2 Å². The number of carbonyl (C=O) groups excluding carboxylic acids is 4. The van der Waals surface area contributed by atoms with Gasteiger partial charge in [0.25, 0.3) is 0 Å². The summed E-state index contributed by atoms with van der Waals surface area (Å²) in [5.41, 5.74) is 16.6. The number of rotatable bonds is 18. The van der Waals surface area contributed by atoms with Gasteiger partial charge in [0.15, 0.2) is 0 Å². The molecule has 2 aromatic carbocycles. The van der Waals surface area contributed by atoms with Crippen molar-refractivity contribution >= 4 is 35.0 Å². The van der Waals surface area contributed by atoms with Gasteiger partial charge in [-0.25, -0.2) is 4.98 Å². The fourth-order valence-electron chi connectivity index (χ4n) is 6.42. The van der Waals surface area contributed by atoms with E-state index in [1.165, 1.54) is 4.90 Å². The molecule has 4 amide bonds. The summed E-state index contributed by atoms with van der Waals surface area (Å²) in [4.78, 5) is 58.4. The average molecular weight is 749 g/mol. The lowest BCUT2D eigenvalue weighted by atomic mass is 9.85. The zero-order valence-electron chi connectivity index (χ0n) is 31.6. The number of aliphatic hydroxyl groups excluding tert-OH is 1. The maximum Gasteiger partial charge on any atom is 0.246 e. The van der Waals surface area contributed by atoms with Crippen LogP contribution < -0.4 is 26.8 Å². The number of hydrogen-bond donors (Lipinski definition) is 5. The SMILES string of the molecule is Cc1ncsc1-c1ccc(CNC(=O)[C@@H]2C[C@@H](O)CN2C(=O)[C@@H](NC(=O)CCCCCc2cccc(O[C@H](C)[C@@H](N)CCC(N)=O)c2)C(C)(C)C)cc1. The Bertz CT molecular complexity index is 1690. The van der Waals surface area contributed by atoms with Gasteiger partial charge in [-0.05, 0) is 73.8 Å². The monoisotopic (exact) mass is 748 g/mol. The summed E-state index contributed by atoms with van der Waals surface area (Å²) in [5, 5.41) is 16.4. The van der Waals surface area contributed by atoms with Gasteiger partial charge >= 0.3 is 0 Å². The summed E-state index contributed by atoms with van der Waals surface area (Å²) in [6.07, 6.45) is 3.09. The summed E-state index contributed by atoms with van der Waals surface area (Å²) in [6.45, 7) is 9.78. The van der Waals surface area contributed by atoms with E-state index in [9.17, 15) is 24.3 Å². The number of aromatic nitrogens is 1. The van der Waals surface area contributed by atoms with Crippen LogP contribution in [0, 0.1) is 12.3 Å². The molecule has 1 aliphatic rings. The van der Waals surface area contributed by atoms with Crippen LogP contribution in [0.3, 0.4) is 0 Å². The normalized spacial score (nSPS) is 17.5. The number of benzene rings is 2. The molecule has 288 valence electrons. The molecule has 0 bridgehead atoms. The number of nitrogens with two attached hydrogens (primary N) is 2. The Balaban J connectivity index is 1.24.